The van der Waals surface area contributed by atoms with Crippen LogP contribution in [0.1, 0.15) is 0 Å². The first-order chi connectivity index (χ1) is 9.01. The van der Waals surface area contributed by atoms with Gasteiger partial charge in [0, 0.05) is 6.07 Å². The van der Waals surface area contributed by atoms with Crippen LogP contribution < -0.4 is 0 Å². The molecule has 0 saturated heterocycles. The van der Waals surface area contributed by atoms with Crippen molar-refractivity contribution in [1.82, 2.24) is 0 Å². The van der Waals surface area contributed by atoms with Crippen molar-refractivity contribution >= 4 is 31.0 Å². The van der Waals surface area contributed by atoms with E-state index in [1.54, 1.807) is 0 Å². The largest absolute Gasteiger partial charge is 0.507 e. The number of hydrogen-bond acceptors (Lipinski definition) is 6. The molecule has 0 bridgehead atoms. The predicted octanol–water partition coefficient (Wildman–Crippen LogP) is 0.744. The van der Waals surface area contributed by atoms with Gasteiger partial charge in [0.25, 0.3) is 20.2 Å². The third kappa shape index (κ3) is 2.41. The van der Waals surface area contributed by atoms with Crippen LogP contribution in [0.4, 0.5) is 0 Å². The average Bonchev–Trinajstić information content (AvgIpc) is 2.25. The molecule has 0 unspecified atom stereocenters. The van der Waals surface area contributed by atoms with Crippen LogP contribution in [0.3, 0.4) is 0 Å². The topological polar surface area (TPSA) is 149 Å². The zero-order valence-electron chi connectivity index (χ0n) is 9.55. The molecule has 2 rings (SSSR count). The van der Waals surface area contributed by atoms with Crippen LogP contribution in [-0.2, 0) is 20.2 Å². The van der Waals surface area contributed by atoms with Gasteiger partial charge in [-0.25, -0.2) is 0 Å². The van der Waals surface area contributed by atoms with Gasteiger partial charge >= 0.3 is 0 Å². The molecule has 0 radical (unpaired) electrons. The summed E-state index contributed by atoms with van der Waals surface area (Å²) in [5, 5.41) is 19.0. The van der Waals surface area contributed by atoms with Gasteiger partial charge in [-0.3, -0.25) is 9.11 Å². The lowest BCUT2D eigenvalue weighted by Gasteiger charge is -2.08. The Morgan fingerprint density at radius 1 is 0.850 bits per heavy atom. The molecule has 0 aliphatic heterocycles. The van der Waals surface area contributed by atoms with E-state index in [9.17, 15) is 27.0 Å². The van der Waals surface area contributed by atoms with Crippen LogP contribution in [0.2, 0.25) is 0 Å². The van der Waals surface area contributed by atoms with Crippen LogP contribution in [0.25, 0.3) is 10.8 Å². The van der Waals surface area contributed by atoms with E-state index in [1.807, 2.05) is 0 Å². The third-order valence-corrected chi connectivity index (χ3v) is 4.30. The summed E-state index contributed by atoms with van der Waals surface area (Å²) in [6.45, 7) is 0. The second kappa shape index (κ2) is 4.31. The van der Waals surface area contributed by atoms with E-state index in [-0.39, 0.29) is 10.8 Å². The minimum Gasteiger partial charge on any atom is -0.507 e. The fourth-order valence-corrected chi connectivity index (χ4v) is 2.86. The van der Waals surface area contributed by atoms with Crippen molar-refractivity contribution in [2.45, 2.75) is 9.79 Å². The first kappa shape index (κ1) is 14.5. The monoisotopic (exact) mass is 320 g/mol. The Hall–Kier alpha value is -1.88. The van der Waals surface area contributed by atoms with Crippen LogP contribution in [0.15, 0.2) is 34.1 Å². The van der Waals surface area contributed by atoms with E-state index in [0.717, 1.165) is 18.2 Å². The van der Waals surface area contributed by atoms with Crippen molar-refractivity contribution in [3.05, 3.63) is 24.3 Å². The maximum absolute atomic E-state index is 11.0. The third-order valence-electron chi connectivity index (χ3n) is 2.58. The van der Waals surface area contributed by atoms with E-state index in [2.05, 4.69) is 0 Å². The second-order valence-electron chi connectivity index (χ2n) is 3.90. The summed E-state index contributed by atoms with van der Waals surface area (Å²) in [4.78, 5) is -1.46. The number of rotatable bonds is 2. The smallest absolute Gasteiger partial charge is 0.298 e. The molecule has 20 heavy (non-hydrogen) atoms. The van der Waals surface area contributed by atoms with Crippen LogP contribution in [0, 0.1) is 0 Å². The summed E-state index contributed by atoms with van der Waals surface area (Å²) in [7, 11) is -9.29. The van der Waals surface area contributed by atoms with Crippen LogP contribution in [0.5, 0.6) is 11.5 Å². The summed E-state index contributed by atoms with van der Waals surface area (Å²) < 4.78 is 61.8. The van der Waals surface area contributed by atoms with E-state index >= 15 is 0 Å². The number of aromatic hydroxyl groups is 2. The maximum atomic E-state index is 11.0. The Morgan fingerprint density at radius 2 is 1.45 bits per heavy atom. The molecule has 0 spiro atoms. The van der Waals surface area contributed by atoms with Gasteiger partial charge in [-0.05, 0) is 17.5 Å². The molecule has 108 valence electrons. The summed E-state index contributed by atoms with van der Waals surface area (Å²) in [6, 6.07) is 3.47. The Bertz CT molecular complexity index is 912. The van der Waals surface area contributed by atoms with Crippen molar-refractivity contribution in [3.8, 4) is 11.5 Å². The standard InChI is InChI=1S/C10H8O8S2/c11-7-4-6(19(13,14)15)3-5-1-2-8(20(16,17)18)10(12)9(5)7/h1-4,11-12H,(H,13,14,15)(H,16,17,18). The Balaban J connectivity index is 2.93. The second-order valence-corrected chi connectivity index (χ2v) is 6.71. The molecule has 2 aromatic rings. The maximum Gasteiger partial charge on any atom is 0.298 e. The highest BCUT2D eigenvalue weighted by Gasteiger charge is 2.21. The zero-order valence-corrected chi connectivity index (χ0v) is 11.2. The summed E-state index contributed by atoms with van der Waals surface area (Å²) in [5.41, 5.74) is 0. The number of phenolic OH excluding ortho intramolecular Hbond substituents is 2. The molecule has 0 aliphatic carbocycles. The Kier molecular flexibility index (Phi) is 3.13. The predicted molar refractivity (Wildman–Crippen MR) is 66.9 cm³/mol. The molecule has 0 amide bonds. The molecule has 0 heterocycles. The molecule has 0 fully saturated rings. The van der Waals surface area contributed by atoms with Gasteiger partial charge in [0.1, 0.15) is 16.4 Å². The quantitative estimate of drug-likeness (QED) is 0.592. The molecular formula is C10H8O8S2. The summed E-state index contributed by atoms with van der Waals surface area (Å²) in [6.07, 6.45) is 0. The highest BCUT2D eigenvalue weighted by atomic mass is 32.2. The lowest BCUT2D eigenvalue weighted by molar-refractivity contribution is 0.441. The number of fused-ring (bicyclic) bond motifs is 1. The molecule has 0 saturated carbocycles. The van der Waals surface area contributed by atoms with Gasteiger partial charge in [0.2, 0.25) is 0 Å². The SMILES string of the molecule is O=S(=O)(O)c1cc(O)c2c(O)c(S(=O)(=O)O)ccc2c1. The molecule has 0 aliphatic rings. The first-order valence-corrected chi connectivity index (χ1v) is 7.83. The minimum absolute atomic E-state index is 0.0393. The van der Waals surface area contributed by atoms with Gasteiger partial charge < -0.3 is 10.2 Å². The van der Waals surface area contributed by atoms with Crippen LogP contribution >= 0.6 is 0 Å². The van der Waals surface area contributed by atoms with E-state index in [0.29, 0.717) is 6.07 Å². The van der Waals surface area contributed by atoms with E-state index < -0.39 is 41.5 Å². The van der Waals surface area contributed by atoms with Crippen molar-refractivity contribution in [1.29, 1.82) is 0 Å². The van der Waals surface area contributed by atoms with Gasteiger partial charge in [-0.2, -0.15) is 16.8 Å². The van der Waals surface area contributed by atoms with E-state index in [4.69, 9.17) is 9.11 Å². The Labute approximate surface area is 113 Å². The van der Waals surface area contributed by atoms with E-state index in [1.165, 1.54) is 0 Å². The van der Waals surface area contributed by atoms with Gasteiger partial charge in [0.05, 0.1) is 10.3 Å². The molecule has 10 heteroatoms. The van der Waals surface area contributed by atoms with Gasteiger partial charge in [-0.1, -0.05) is 6.07 Å². The zero-order chi connectivity index (χ0) is 15.3. The minimum atomic E-state index is -4.71. The van der Waals surface area contributed by atoms with Gasteiger partial charge in [0.15, 0.2) is 0 Å². The average molecular weight is 320 g/mol. The number of phenols is 2. The van der Waals surface area contributed by atoms with Gasteiger partial charge in [-0.15, -0.1) is 0 Å². The molecule has 8 nitrogen and oxygen atoms in total. The van der Waals surface area contributed by atoms with Crippen molar-refractivity contribution < 1.29 is 36.2 Å². The number of benzene rings is 2. The lowest BCUT2D eigenvalue weighted by atomic mass is 10.1. The highest BCUT2D eigenvalue weighted by molar-refractivity contribution is 7.86. The molecule has 0 atom stereocenters. The van der Waals surface area contributed by atoms with Crippen LogP contribution in [-0.4, -0.2) is 36.2 Å². The molecular weight excluding hydrogens is 312 g/mol. The van der Waals surface area contributed by atoms with Crippen molar-refractivity contribution in [3.63, 3.8) is 0 Å². The molecule has 0 aromatic heterocycles. The summed E-state index contributed by atoms with van der Waals surface area (Å²) >= 11 is 0. The molecule has 4 N–H and O–H groups in total. The van der Waals surface area contributed by atoms with Crippen molar-refractivity contribution in [2.75, 3.05) is 0 Å². The fraction of sp³-hybridized carbons (Fsp3) is 0. The first-order valence-electron chi connectivity index (χ1n) is 4.95. The lowest BCUT2D eigenvalue weighted by Crippen LogP contribution is -2.00. The Morgan fingerprint density at radius 3 is 1.95 bits per heavy atom. The van der Waals surface area contributed by atoms with Crippen molar-refractivity contribution in [2.24, 2.45) is 0 Å². The molecule has 2 aromatic carbocycles. The highest BCUT2D eigenvalue weighted by Crippen LogP contribution is 2.38. The fourth-order valence-electron chi connectivity index (χ4n) is 1.74. The summed E-state index contributed by atoms with van der Waals surface area (Å²) in [5.74, 6) is -1.69. The number of hydrogen-bond donors (Lipinski definition) is 4. The normalized spacial score (nSPS) is 12.7.